The minimum atomic E-state index is -0.348. The summed E-state index contributed by atoms with van der Waals surface area (Å²) < 4.78 is 14.3. The molecule has 0 saturated carbocycles. The summed E-state index contributed by atoms with van der Waals surface area (Å²) in [6, 6.07) is 2.99. The van der Waals surface area contributed by atoms with Gasteiger partial charge in [-0.1, -0.05) is 11.8 Å². The smallest absolute Gasteiger partial charge is 0.161 e. The van der Waals surface area contributed by atoms with E-state index in [1.54, 1.807) is 19.2 Å². The summed E-state index contributed by atoms with van der Waals surface area (Å²) in [5, 5.41) is 1.87. The van der Waals surface area contributed by atoms with E-state index in [1.165, 1.54) is 36.1 Å². The van der Waals surface area contributed by atoms with Crippen molar-refractivity contribution in [3.63, 3.8) is 0 Å². The van der Waals surface area contributed by atoms with Gasteiger partial charge in [0, 0.05) is 22.0 Å². The van der Waals surface area contributed by atoms with Crippen LogP contribution in [0.3, 0.4) is 0 Å². The van der Waals surface area contributed by atoms with Crippen molar-refractivity contribution in [2.24, 2.45) is 0 Å². The fourth-order valence-electron chi connectivity index (χ4n) is 1.37. The molecule has 0 aliphatic rings. The number of hydrogen-bond acceptors (Lipinski definition) is 4. The molecule has 0 radical (unpaired) electrons. The van der Waals surface area contributed by atoms with Gasteiger partial charge in [0.1, 0.15) is 5.82 Å². The molecule has 0 atom stereocenters. The van der Waals surface area contributed by atoms with E-state index < -0.39 is 0 Å². The number of Topliss-reactive ketones (excluding diaryl/α,β-unsaturated/α-hetero) is 1. The van der Waals surface area contributed by atoms with E-state index in [1.807, 2.05) is 5.38 Å². The zero-order chi connectivity index (χ0) is 12.4. The molecule has 88 valence electrons. The fourth-order valence-corrected chi connectivity index (χ4v) is 3.21. The Morgan fingerprint density at radius 2 is 2.24 bits per heavy atom. The second-order valence-corrected chi connectivity index (χ2v) is 5.74. The molecule has 0 aliphatic heterocycles. The lowest BCUT2D eigenvalue weighted by Gasteiger charge is -2.07. The first-order valence-electron chi connectivity index (χ1n) is 4.96. The Morgan fingerprint density at radius 3 is 2.82 bits per heavy atom. The van der Waals surface area contributed by atoms with Crippen molar-refractivity contribution in [3.05, 3.63) is 40.7 Å². The molecule has 2 aromatic rings. The van der Waals surface area contributed by atoms with E-state index in [9.17, 15) is 9.18 Å². The summed E-state index contributed by atoms with van der Waals surface area (Å²) in [6.07, 6.45) is 1.71. The van der Waals surface area contributed by atoms with Crippen molar-refractivity contribution in [2.75, 3.05) is 0 Å². The van der Waals surface area contributed by atoms with Crippen LogP contribution in [-0.4, -0.2) is 10.8 Å². The molecule has 0 fully saturated rings. The van der Waals surface area contributed by atoms with Gasteiger partial charge in [-0.05, 0) is 31.5 Å². The highest BCUT2D eigenvalue weighted by Crippen LogP contribution is 2.33. The van der Waals surface area contributed by atoms with Crippen LogP contribution in [0, 0.1) is 12.7 Å². The van der Waals surface area contributed by atoms with Crippen molar-refractivity contribution < 1.29 is 9.18 Å². The fraction of sp³-hybridized carbons (Fsp3) is 0.167. The van der Waals surface area contributed by atoms with Crippen LogP contribution in [0.4, 0.5) is 4.39 Å². The van der Waals surface area contributed by atoms with E-state index in [2.05, 4.69) is 4.98 Å². The molecule has 17 heavy (non-hydrogen) atoms. The zero-order valence-corrected chi connectivity index (χ0v) is 11.0. The van der Waals surface area contributed by atoms with Gasteiger partial charge >= 0.3 is 0 Å². The third-order valence-corrected chi connectivity index (χ3v) is 4.19. The summed E-state index contributed by atoms with van der Waals surface area (Å²) in [5.74, 6) is -0.485. The van der Waals surface area contributed by atoms with Crippen LogP contribution < -0.4 is 0 Å². The zero-order valence-electron chi connectivity index (χ0n) is 9.36. The predicted molar refractivity (Wildman–Crippen MR) is 67.4 cm³/mol. The van der Waals surface area contributed by atoms with Crippen molar-refractivity contribution in [2.45, 2.75) is 23.1 Å². The molecule has 0 bridgehead atoms. The Labute approximate surface area is 107 Å². The maximum Gasteiger partial charge on any atom is 0.161 e. The summed E-state index contributed by atoms with van der Waals surface area (Å²) in [6.45, 7) is 3.13. The first-order valence-corrected chi connectivity index (χ1v) is 6.66. The average molecular weight is 267 g/mol. The topological polar surface area (TPSA) is 30.0 Å². The number of carbonyl (C=O) groups is 1. The van der Waals surface area contributed by atoms with E-state index >= 15 is 0 Å². The minimum absolute atomic E-state index is 0.136. The number of carbonyl (C=O) groups excluding carboxylic acids is 1. The van der Waals surface area contributed by atoms with Crippen molar-refractivity contribution in [1.29, 1.82) is 0 Å². The lowest BCUT2D eigenvalue weighted by molar-refractivity contribution is 0.101. The molecule has 0 unspecified atom stereocenters. The van der Waals surface area contributed by atoms with Gasteiger partial charge in [0.25, 0.3) is 0 Å². The Bertz CT molecular complexity index is 552. The molecule has 1 heterocycles. The quantitative estimate of drug-likeness (QED) is 0.789. The Hall–Kier alpha value is -1.20. The first-order chi connectivity index (χ1) is 8.08. The minimum Gasteiger partial charge on any atom is -0.294 e. The Balaban J connectivity index is 2.44. The Morgan fingerprint density at radius 1 is 1.47 bits per heavy atom. The summed E-state index contributed by atoms with van der Waals surface area (Å²) in [4.78, 5) is 16.4. The molecule has 5 heteroatoms. The SMILES string of the molecule is CC(=O)c1cc(F)c(C)cc1Sc1nccs1. The highest BCUT2D eigenvalue weighted by atomic mass is 32.2. The normalized spacial score (nSPS) is 10.5. The molecule has 0 saturated heterocycles. The largest absolute Gasteiger partial charge is 0.294 e. The monoisotopic (exact) mass is 267 g/mol. The lowest BCUT2D eigenvalue weighted by atomic mass is 10.1. The predicted octanol–water partition coefficient (Wildman–Crippen LogP) is 3.94. The van der Waals surface area contributed by atoms with Crippen LogP contribution in [0.1, 0.15) is 22.8 Å². The number of benzene rings is 1. The standard InChI is InChI=1S/C12H10FNOS2/c1-7-5-11(17-12-14-3-4-16-12)9(8(2)15)6-10(7)13/h3-6H,1-2H3. The molecule has 2 nitrogen and oxygen atoms in total. The van der Waals surface area contributed by atoms with E-state index in [-0.39, 0.29) is 11.6 Å². The third-order valence-electron chi connectivity index (χ3n) is 2.25. The number of hydrogen-bond donors (Lipinski definition) is 0. The average Bonchev–Trinajstić information content (AvgIpc) is 2.75. The van der Waals surface area contributed by atoms with Crippen LogP contribution in [-0.2, 0) is 0 Å². The molecule has 1 aromatic heterocycles. The molecule has 0 amide bonds. The number of nitrogens with zero attached hydrogens (tertiary/aromatic N) is 1. The first kappa shape index (κ1) is 12.3. The van der Waals surface area contributed by atoms with Gasteiger partial charge in [-0.2, -0.15) is 0 Å². The summed E-state index contributed by atoms with van der Waals surface area (Å²) >= 11 is 2.89. The highest BCUT2D eigenvalue weighted by Gasteiger charge is 2.13. The number of thiazole rings is 1. The molecule has 0 spiro atoms. The van der Waals surface area contributed by atoms with Crippen LogP contribution in [0.25, 0.3) is 0 Å². The third kappa shape index (κ3) is 2.73. The van der Waals surface area contributed by atoms with Gasteiger partial charge < -0.3 is 0 Å². The number of rotatable bonds is 3. The lowest BCUT2D eigenvalue weighted by Crippen LogP contribution is -1.98. The Kier molecular flexibility index (Phi) is 3.59. The van der Waals surface area contributed by atoms with Crippen molar-refractivity contribution in [1.82, 2.24) is 4.98 Å². The number of aromatic nitrogens is 1. The number of ketones is 1. The van der Waals surface area contributed by atoms with E-state index in [4.69, 9.17) is 0 Å². The molecular formula is C12H10FNOS2. The van der Waals surface area contributed by atoms with Crippen molar-refractivity contribution >= 4 is 28.9 Å². The van der Waals surface area contributed by atoms with Crippen LogP contribution in [0.15, 0.2) is 32.9 Å². The maximum absolute atomic E-state index is 13.4. The highest BCUT2D eigenvalue weighted by molar-refractivity contribution is 8.01. The van der Waals surface area contributed by atoms with Gasteiger partial charge in [0.2, 0.25) is 0 Å². The van der Waals surface area contributed by atoms with Gasteiger partial charge in [-0.3, -0.25) is 4.79 Å². The molecule has 0 N–H and O–H groups in total. The molecule has 0 aliphatic carbocycles. The van der Waals surface area contributed by atoms with Crippen LogP contribution in [0.2, 0.25) is 0 Å². The van der Waals surface area contributed by atoms with E-state index in [0.717, 1.165) is 9.24 Å². The van der Waals surface area contributed by atoms with E-state index in [0.29, 0.717) is 11.1 Å². The molecular weight excluding hydrogens is 257 g/mol. The summed E-state index contributed by atoms with van der Waals surface area (Å²) in [7, 11) is 0. The van der Waals surface area contributed by atoms with Gasteiger partial charge in [0.05, 0.1) is 0 Å². The van der Waals surface area contributed by atoms with Crippen molar-refractivity contribution in [3.8, 4) is 0 Å². The number of halogens is 1. The van der Waals surface area contributed by atoms with Crippen LogP contribution in [0.5, 0.6) is 0 Å². The second kappa shape index (κ2) is 4.98. The number of aryl methyl sites for hydroxylation is 1. The maximum atomic E-state index is 13.4. The second-order valence-electron chi connectivity index (χ2n) is 3.55. The van der Waals surface area contributed by atoms with Gasteiger partial charge in [0.15, 0.2) is 10.1 Å². The van der Waals surface area contributed by atoms with Crippen LogP contribution >= 0.6 is 23.1 Å². The van der Waals surface area contributed by atoms with Gasteiger partial charge in [-0.15, -0.1) is 11.3 Å². The summed E-state index contributed by atoms with van der Waals surface area (Å²) in [5.41, 5.74) is 0.947. The van der Waals surface area contributed by atoms with Gasteiger partial charge in [-0.25, -0.2) is 9.37 Å². The molecule has 1 aromatic carbocycles. The molecule has 2 rings (SSSR count).